The van der Waals surface area contributed by atoms with Gasteiger partial charge in [-0.25, -0.2) is 0 Å². The van der Waals surface area contributed by atoms with Crippen molar-refractivity contribution >= 4 is 0 Å². The summed E-state index contributed by atoms with van der Waals surface area (Å²) in [5.41, 5.74) is 1.17. The van der Waals surface area contributed by atoms with Gasteiger partial charge in [-0.15, -0.1) is 0 Å². The van der Waals surface area contributed by atoms with Gasteiger partial charge in [0, 0.05) is 0 Å². The number of fused-ring (bicyclic) bond motifs is 5. The Labute approximate surface area is 137 Å². The van der Waals surface area contributed by atoms with Crippen LogP contribution in [-0.4, -0.2) is 11.2 Å². The summed E-state index contributed by atoms with van der Waals surface area (Å²) < 4.78 is 0. The van der Waals surface area contributed by atoms with Crippen LogP contribution in [0.2, 0.25) is 0 Å². The minimum atomic E-state index is -0.0324. The number of aliphatic hydroxyl groups is 1. The predicted octanol–water partition coefficient (Wildman–Crippen LogP) is 5.27. The third kappa shape index (κ3) is 1.93. The fraction of sp³-hybridized carbons (Fsp3) is 1.00. The van der Waals surface area contributed by atoms with Gasteiger partial charge in [-0.05, 0) is 97.7 Å². The Balaban J connectivity index is 1.63. The molecule has 4 aliphatic rings. The van der Waals surface area contributed by atoms with E-state index in [0.717, 1.165) is 36.0 Å². The third-order valence-electron chi connectivity index (χ3n) is 9.48. The largest absolute Gasteiger partial charge is 0.393 e. The molecule has 4 saturated carbocycles. The maximum absolute atomic E-state index is 10.4. The molecular weight excluding hydrogens is 268 g/mol. The number of hydrogen-bond donors (Lipinski definition) is 1. The molecule has 0 bridgehead atoms. The highest BCUT2D eigenvalue weighted by atomic mass is 16.3. The summed E-state index contributed by atoms with van der Waals surface area (Å²) in [7, 11) is 0. The van der Waals surface area contributed by atoms with Crippen LogP contribution in [0.25, 0.3) is 0 Å². The summed E-state index contributed by atoms with van der Waals surface area (Å²) in [6.45, 7) is 10.0. The van der Waals surface area contributed by atoms with E-state index < -0.39 is 0 Å². The second-order valence-electron chi connectivity index (χ2n) is 10.2. The molecule has 0 amide bonds. The monoisotopic (exact) mass is 304 g/mol. The van der Waals surface area contributed by atoms with Gasteiger partial charge in [0.25, 0.3) is 0 Å². The Morgan fingerprint density at radius 3 is 2.36 bits per heavy atom. The van der Waals surface area contributed by atoms with Gasteiger partial charge >= 0.3 is 0 Å². The molecule has 1 nitrogen and oxygen atoms in total. The molecular formula is C21H36O. The molecule has 4 fully saturated rings. The molecule has 0 aromatic carbocycles. The molecule has 0 unspecified atom stereocenters. The van der Waals surface area contributed by atoms with Crippen molar-refractivity contribution in [3.8, 4) is 0 Å². The summed E-state index contributed by atoms with van der Waals surface area (Å²) in [5, 5.41) is 10.4. The van der Waals surface area contributed by atoms with Crippen molar-refractivity contribution in [2.45, 2.75) is 85.2 Å². The SMILES string of the molecule is C[C@@H]1C[C@@]2(C)[C@@H](CC[C@@H]3[C@@H]2CC[C@]2(C)[C@@H](C)CC[C@@H]32)C[C@@H]1O. The highest BCUT2D eigenvalue weighted by Crippen LogP contribution is 2.67. The van der Waals surface area contributed by atoms with Gasteiger partial charge in [0.05, 0.1) is 6.10 Å². The molecule has 0 saturated heterocycles. The lowest BCUT2D eigenvalue weighted by molar-refractivity contribution is -0.139. The second-order valence-corrected chi connectivity index (χ2v) is 10.2. The Hall–Kier alpha value is -0.0400. The maximum atomic E-state index is 10.4. The van der Waals surface area contributed by atoms with Crippen LogP contribution >= 0.6 is 0 Å². The zero-order valence-corrected chi connectivity index (χ0v) is 15.1. The molecule has 126 valence electrons. The second kappa shape index (κ2) is 4.98. The predicted molar refractivity (Wildman–Crippen MR) is 91.4 cm³/mol. The van der Waals surface area contributed by atoms with E-state index >= 15 is 0 Å². The topological polar surface area (TPSA) is 20.2 Å². The van der Waals surface area contributed by atoms with Gasteiger partial charge in [0.1, 0.15) is 0 Å². The fourth-order valence-electron chi connectivity index (χ4n) is 7.86. The molecule has 0 aromatic rings. The van der Waals surface area contributed by atoms with Crippen LogP contribution in [0.1, 0.15) is 79.1 Å². The van der Waals surface area contributed by atoms with E-state index in [1.165, 1.54) is 44.9 Å². The summed E-state index contributed by atoms with van der Waals surface area (Å²) in [5.74, 6) is 5.19. The van der Waals surface area contributed by atoms with E-state index in [-0.39, 0.29) is 6.10 Å². The first kappa shape index (κ1) is 15.5. The van der Waals surface area contributed by atoms with E-state index in [1.807, 2.05) is 0 Å². The average molecular weight is 305 g/mol. The molecule has 0 aromatic heterocycles. The molecule has 0 spiro atoms. The summed E-state index contributed by atoms with van der Waals surface area (Å²) in [6, 6.07) is 0. The average Bonchev–Trinajstić information content (AvgIpc) is 2.77. The summed E-state index contributed by atoms with van der Waals surface area (Å²) in [6.07, 6.45) is 11.1. The molecule has 9 atom stereocenters. The zero-order valence-electron chi connectivity index (χ0n) is 15.1. The molecule has 0 aliphatic heterocycles. The zero-order chi connectivity index (χ0) is 15.7. The van der Waals surface area contributed by atoms with Gasteiger partial charge in [-0.2, -0.15) is 0 Å². The maximum Gasteiger partial charge on any atom is 0.0568 e. The minimum absolute atomic E-state index is 0.0324. The highest BCUT2D eigenvalue weighted by molar-refractivity contribution is 5.09. The Morgan fingerprint density at radius 2 is 1.59 bits per heavy atom. The number of hydrogen-bond acceptors (Lipinski definition) is 1. The summed E-state index contributed by atoms with van der Waals surface area (Å²) in [4.78, 5) is 0. The van der Waals surface area contributed by atoms with Crippen LogP contribution in [0.4, 0.5) is 0 Å². The lowest BCUT2D eigenvalue weighted by Crippen LogP contribution is -2.55. The lowest BCUT2D eigenvalue weighted by Gasteiger charge is -2.61. The minimum Gasteiger partial charge on any atom is -0.393 e. The Bertz CT molecular complexity index is 445. The molecule has 1 N–H and O–H groups in total. The van der Waals surface area contributed by atoms with Crippen LogP contribution in [0.3, 0.4) is 0 Å². The molecule has 1 heteroatoms. The number of aliphatic hydroxyl groups excluding tert-OH is 1. The van der Waals surface area contributed by atoms with E-state index in [1.54, 1.807) is 0 Å². The smallest absolute Gasteiger partial charge is 0.0568 e. The lowest BCUT2D eigenvalue weighted by atomic mass is 9.44. The molecule has 0 heterocycles. The first-order valence-corrected chi connectivity index (χ1v) is 10.0. The number of rotatable bonds is 0. The Morgan fingerprint density at radius 1 is 0.864 bits per heavy atom. The van der Waals surface area contributed by atoms with Crippen LogP contribution < -0.4 is 0 Å². The van der Waals surface area contributed by atoms with Crippen molar-refractivity contribution < 1.29 is 5.11 Å². The molecule has 4 rings (SSSR count). The standard InChI is InChI=1S/C21H36O/c1-13-12-21(4)15(11-19(13)22)6-7-16-17-8-5-14(2)20(17,3)10-9-18(16)21/h13-19,22H,5-12H2,1-4H3/t13-,14+,15+,16+,17+,18+,19+,20-,21+/m1/s1. The van der Waals surface area contributed by atoms with Crippen LogP contribution in [-0.2, 0) is 0 Å². The normalized spacial score (nSPS) is 61.2. The summed E-state index contributed by atoms with van der Waals surface area (Å²) >= 11 is 0. The van der Waals surface area contributed by atoms with Crippen LogP contribution in [0.15, 0.2) is 0 Å². The fourth-order valence-corrected chi connectivity index (χ4v) is 7.86. The van der Waals surface area contributed by atoms with Crippen molar-refractivity contribution in [3.05, 3.63) is 0 Å². The van der Waals surface area contributed by atoms with E-state index in [9.17, 15) is 5.11 Å². The van der Waals surface area contributed by atoms with E-state index in [2.05, 4.69) is 27.7 Å². The Kier molecular flexibility index (Phi) is 3.50. The van der Waals surface area contributed by atoms with Crippen molar-refractivity contribution in [2.24, 2.45) is 46.3 Å². The third-order valence-corrected chi connectivity index (χ3v) is 9.48. The van der Waals surface area contributed by atoms with Gasteiger partial charge < -0.3 is 5.11 Å². The molecule has 0 radical (unpaired) electrons. The van der Waals surface area contributed by atoms with Crippen molar-refractivity contribution in [2.75, 3.05) is 0 Å². The highest BCUT2D eigenvalue weighted by Gasteiger charge is 2.59. The van der Waals surface area contributed by atoms with Gasteiger partial charge in [0.2, 0.25) is 0 Å². The first-order valence-electron chi connectivity index (χ1n) is 10.0. The van der Waals surface area contributed by atoms with E-state index in [4.69, 9.17) is 0 Å². The quantitative estimate of drug-likeness (QED) is 0.646. The molecule has 22 heavy (non-hydrogen) atoms. The molecule has 4 aliphatic carbocycles. The first-order chi connectivity index (χ1) is 10.4. The van der Waals surface area contributed by atoms with E-state index in [0.29, 0.717) is 16.7 Å². The van der Waals surface area contributed by atoms with Crippen molar-refractivity contribution in [3.63, 3.8) is 0 Å². The van der Waals surface area contributed by atoms with Crippen LogP contribution in [0, 0.1) is 46.3 Å². The van der Waals surface area contributed by atoms with Gasteiger partial charge in [-0.1, -0.05) is 27.7 Å². The van der Waals surface area contributed by atoms with Gasteiger partial charge in [-0.3, -0.25) is 0 Å². The van der Waals surface area contributed by atoms with Gasteiger partial charge in [0.15, 0.2) is 0 Å². The van der Waals surface area contributed by atoms with Crippen molar-refractivity contribution in [1.29, 1.82) is 0 Å². The van der Waals surface area contributed by atoms with Crippen molar-refractivity contribution in [1.82, 2.24) is 0 Å². The van der Waals surface area contributed by atoms with Crippen LogP contribution in [0.5, 0.6) is 0 Å².